The molecule has 0 aliphatic carbocycles. The lowest BCUT2D eigenvalue weighted by molar-refractivity contribution is -0.167. The fourth-order valence-corrected chi connectivity index (χ4v) is 9.99. The second-order valence-corrected chi connectivity index (χ2v) is 23.1. The van der Waals surface area contributed by atoms with Crippen LogP contribution < -0.4 is 0 Å². The monoisotopic (exact) mass is 1100 g/mol. The van der Waals surface area contributed by atoms with Crippen molar-refractivity contribution >= 4 is 17.9 Å². The van der Waals surface area contributed by atoms with Crippen molar-refractivity contribution in [3.63, 3.8) is 0 Å². The van der Waals surface area contributed by atoms with Gasteiger partial charge in [0.15, 0.2) is 6.10 Å². The minimum atomic E-state index is -0.779. The smallest absolute Gasteiger partial charge is 0.306 e. The summed E-state index contributed by atoms with van der Waals surface area (Å²) < 4.78 is 16.9. The van der Waals surface area contributed by atoms with E-state index >= 15 is 0 Å². The van der Waals surface area contributed by atoms with Gasteiger partial charge in [-0.15, -0.1) is 0 Å². The number of esters is 3. The molecule has 0 aromatic heterocycles. The van der Waals surface area contributed by atoms with Gasteiger partial charge in [0.05, 0.1) is 0 Å². The van der Waals surface area contributed by atoms with Gasteiger partial charge in [0.2, 0.25) is 0 Å². The van der Waals surface area contributed by atoms with Gasteiger partial charge in [-0.05, 0) is 96.3 Å². The quantitative estimate of drug-likeness (QED) is 0.0261. The van der Waals surface area contributed by atoms with E-state index in [-0.39, 0.29) is 31.1 Å². The number of unbranched alkanes of at least 4 members (excludes halogenated alkanes) is 40. The summed E-state index contributed by atoms with van der Waals surface area (Å²) in [5.74, 6) is -0.875. The zero-order valence-electron chi connectivity index (χ0n) is 52.6. The third-order valence-electron chi connectivity index (χ3n) is 15.2. The molecule has 0 aromatic carbocycles. The number of ether oxygens (including phenoxy) is 3. The van der Waals surface area contributed by atoms with E-state index in [1.807, 2.05) is 0 Å². The molecule has 1 atom stereocenters. The minimum Gasteiger partial charge on any atom is -0.462 e. The van der Waals surface area contributed by atoms with Crippen LogP contribution in [0.3, 0.4) is 0 Å². The number of allylic oxidation sites excluding steroid dienone is 12. The molecule has 0 aliphatic rings. The average Bonchev–Trinajstić information content (AvgIpc) is 3.45. The van der Waals surface area contributed by atoms with E-state index in [9.17, 15) is 14.4 Å². The largest absolute Gasteiger partial charge is 0.462 e. The van der Waals surface area contributed by atoms with E-state index < -0.39 is 6.10 Å². The summed E-state index contributed by atoms with van der Waals surface area (Å²) in [6.07, 6.45) is 88.0. The number of hydrogen-bond acceptors (Lipinski definition) is 6. The molecule has 0 amide bonds. The van der Waals surface area contributed by atoms with Crippen molar-refractivity contribution in [2.24, 2.45) is 0 Å². The molecular weight excluding hydrogens is 973 g/mol. The van der Waals surface area contributed by atoms with Gasteiger partial charge in [0.1, 0.15) is 13.2 Å². The Balaban J connectivity index is 4.09. The molecule has 0 fully saturated rings. The molecule has 79 heavy (non-hydrogen) atoms. The molecule has 0 saturated heterocycles. The molecule has 0 bridgehead atoms. The Morgan fingerprint density at radius 1 is 0.253 bits per heavy atom. The highest BCUT2D eigenvalue weighted by atomic mass is 16.6. The Morgan fingerprint density at radius 2 is 0.456 bits per heavy atom. The topological polar surface area (TPSA) is 78.9 Å². The van der Waals surface area contributed by atoms with Crippen LogP contribution in [0.2, 0.25) is 0 Å². The molecule has 0 heterocycles. The van der Waals surface area contributed by atoms with E-state index in [1.54, 1.807) is 0 Å². The van der Waals surface area contributed by atoms with E-state index in [1.165, 1.54) is 218 Å². The van der Waals surface area contributed by atoms with Crippen LogP contribution in [0.4, 0.5) is 0 Å². The molecule has 0 saturated carbocycles. The van der Waals surface area contributed by atoms with Crippen LogP contribution in [0, 0.1) is 0 Å². The molecule has 6 nitrogen and oxygen atoms in total. The van der Waals surface area contributed by atoms with Crippen LogP contribution in [0.1, 0.15) is 355 Å². The molecule has 0 N–H and O–H groups in total. The summed E-state index contributed by atoms with van der Waals surface area (Å²) in [6.45, 7) is 6.61. The Kier molecular flexibility index (Phi) is 64.7. The Labute approximate surface area is 491 Å². The first-order valence-electron chi connectivity index (χ1n) is 34.4. The minimum absolute atomic E-state index is 0.0767. The summed E-state index contributed by atoms with van der Waals surface area (Å²) >= 11 is 0. The summed E-state index contributed by atoms with van der Waals surface area (Å²) in [6, 6.07) is 0. The molecule has 0 spiro atoms. The zero-order chi connectivity index (χ0) is 57.1. The van der Waals surface area contributed by atoms with Crippen molar-refractivity contribution in [2.45, 2.75) is 361 Å². The first kappa shape index (κ1) is 75.8. The molecule has 0 rings (SSSR count). The summed E-state index contributed by atoms with van der Waals surface area (Å²) in [4.78, 5) is 38.2. The Hall–Kier alpha value is -3.15. The SMILES string of the molecule is CCCCC/C=C\C/C=C\C/C=C\CCCCCCCCC(=O)OC(COC(=O)CCCCCCCCCCC)COC(=O)CCCCCCCCCCCCCCCCCCCC/C=C\C/C=C\C/C=C\CCCCCCC. The van der Waals surface area contributed by atoms with Crippen molar-refractivity contribution in [3.8, 4) is 0 Å². The van der Waals surface area contributed by atoms with Crippen LogP contribution in [-0.2, 0) is 28.6 Å². The zero-order valence-corrected chi connectivity index (χ0v) is 52.6. The van der Waals surface area contributed by atoms with Crippen LogP contribution in [0.5, 0.6) is 0 Å². The van der Waals surface area contributed by atoms with Crippen molar-refractivity contribution in [1.29, 1.82) is 0 Å². The van der Waals surface area contributed by atoms with Gasteiger partial charge in [0, 0.05) is 19.3 Å². The van der Waals surface area contributed by atoms with E-state index in [2.05, 4.69) is 93.7 Å². The summed E-state index contributed by atoms with van der Waals surface area (Å²) in [5.41, 5.74) is 0. The normalized spacial score (nSPS) is 12.5. The van der Waals surface area contributed by atoms with E-state index in [4.69, 9.17) is 14.2 Å². The lowest BCUT2D eigenvalue weighted by Gasteiger charge is -2.18. The number of hydrogen-bond donors (Lipinski definition) is 0. The van der Waals surface area contributed by atoms with Gasteiger partial charge < -0.3 is 14.2 Å². The van der Waals surface area contributed by atoms with Crippen molar-refractivity contribution in [1.82, 2.24) is 0 Å². The average molecular weight is 1100 g/mol. The maximum absolute atomic E-state index is 12.9. The number of rotatable bonds is 63. The maximum Gasteiger partial charge on any atom is 0.306 e. The van der Waals surface area contributed by atoms with Gasteiger partial charge in [0.25, 0.3) is 0 Å². The number of carbonyl (C=O) groups is 3. The predicted molar refractivity (Wildman–Crippen MR) is 344 cm³/mol. The van der Waals surface area contributed by atoms with Crippen LogP contribution in [-0.4, -0.2) is 37.2 Å². The van der Waals surface area contributed by atoms with Crippen LogP contribution >= 0.6 is 0 Å². The lowest BCUT2D eigenvalue weighted by atomic mass is 10.0. The lowest BCUT2D eigenvalue weighted by Crippen LogP contribution is -2.30. The fourth-order valence-electron chi connectivity index (χ4n) is 9.99. The van der Waals surface area contributed by atoms with Crippen molar-refractivity contribution in [3.05, 3.63) is 72.9 Å². The third kappa shape index (κ3) is 65.5. The third-order valence-corrected chi connectivity index (χ3v) is 15.2. The molecule has 1 unspecified atom stereocenters. The fraction of sp³-hybridized carbons (Fsp3) is 0.795. The van der Waals surface area contributed by atoms with E-state index in [0.717, 1.165) is 96.3 Å². The molecule has 0 aromatic rings. The first-order chi connectivity index (χ1) is 39.0. The second kappa shape index (κ2) is 67.4. The Morgan fingerprint density at radius 3 is 0.734 bits per heavy atom. The van der Waals surface area contributed by atoms with Gasteiger partial charge in [-0.1, -0.05) is 312 Å². The van der Waals surface area contributed by atoms with Gasteiger partial charge >= 0.3 is 17.9 Å². The molecule has 458 valence electrons. The second-order valence-electron chi connectivity index (χ2n) is 23.1. The van der Waals surface area contributed by atoms with Gasteiger partial charge in [-0.3, -0.25) is 14.4 Å². The van der Waals surface area contributed by atoms with Gasteiger partial charge in [-0.25, -0.2) is 0 Å². The maximum atomic E-state index is 12.9. The standard InChI is InChI=1S/C73H130O6/c1-4-7-10-13-16-19-21-23-25-27-29-30-31-32-33-34-35-36-37-38-39-40-41-42-44-45-47-49-51-54-57-60-63-66-72(75)78-69-70(68-77-71(74)65-62-59-56-53-18-15-12-9-6-3)79-73(76)67-64-61-58-55-52-50-48-46-43-28-26-24-22-20-17-14-11-8-5-2/h17,20-21,23-24,26-27,29,31-32,43,46,70H,4-16,18-19,22,25,28,30,33-42,44-45,47-69H2,1-3H3/b20-17-,23-21-,26-24-,29-27-,32-31-,46-43-. The van der Waals surface area contributed by atoms with Gasteiger partial charge in [-0.2, -0.15) is 0 Å². The summed E-state index contributed by atoms with van der Waals surface area (Å²) in [7, 11) is 0. The molecule has 0 radical (unpaired) electrons. The number of carbonyl (C=O) groups excluding carboxylic acids is 3. The molecule has 6 heteroatoms. The van der Waals surface area contributed by atoms with Crippen LogP contribution in [0.25, 0.3) is 0 Å². The summed E-state index contributed by atoms with van der Waals surface area (Å²) in [5, 5.41) is 0. The highest BCUT2D eigenvalue weighted by molar-refractivity contribution is 5.71. The highest BCUT2D eigenvalue weighted by Gasteiger charge is 2.19. The molecule has 0 aliphatic heterocycles. The predicted octanol–water partition coefficient (Wildman–Crippen LogP) is 23.7. The first-order valence-corrected chi connectivity index (χ1v) is 34.4. The highest BCUT2D eigenvalue weighted by Crippen LogP contribution is 2.17. The van der Waals surface area contributed by atoms with Crippen molar-refractivity contribution in [2.75, 3.05) is 13.2 Å². The van der Waals surface area contributed by atoms with E-state index in [0.29, 0.717) is 19.3 Å². The van der Waals surface area contributed by atoms with Crippen LogP contribution in [0.15, 0.2) is 72.9 Å². The molecular formula is C73H130O6. The Bertz CT molecular complexity index is 1450. The van der Waals surface area contributed by atoms with Crippen molar-refractivity contribution < 1.29 is 28.6 Å².